The molecule has 0 radical (unpaired) electrons. The Morgan fingerprint density at radius 1 is 1.04 bits per heavy atom. The van der Waals surface area contributed by atoms with Crippen LogP contribution in [-0.4, -0.2) is 56.7 Å². The molecule has 1 aromatic carbocycles. The van der Waals surface area contributed by atoms with Gasteiger partial charge in [-0.1, -0.05) is 18.2 Å². The Balaban J connectivity index is 1.38. The number of hydrogen-bond acceptors (Lipinski definition) is 6. The Hall–Kier alpha value is -2.87. The van der Waals surface area contributed by atoms with Crippen LogP contribution >= 0.6 is 11.8 Å². The maximum absolute atomic E-state index is 13.2. The molecule has 1 fully saturated rings. The highest BCUT2D eigenvalue weighted by atomic mass is 32.2. The molecule has 0 bridgehead atoms. The second-order valence-electron chi connectivity index (χ2n) is 6.91. The van der Waals surface area contributed by atoms with Crippen LogP contribution in [0.2, 0.25) is 0 Å². The highest BCUT2D eigenvalue weighted by Crippen LogP contribution is 2.42. The predicted molar refractivity (Wildman–Crippen MR) is 108 cm³/mol. The summed E-state index contributed by atoms with van der Waals surface area (Å²) in [6.45, 7) is 2.74. The lowest BCUT2D eigenvalue weighted by Crippen LogP contribution is -2.49. The van der Waals surface area contributed by atoms with Crippen LogP contribution < -0.4 is 4.90 Å². The number of carbonyl (C=O) groups excluding carboxylic acids is 1. The van der Waals surface area contributed by atoms with Gasteiger partial charge < -0.3 is 9.80 Å². The van der Waals surface area contributed by atoms with Gasteiger partial charge in [-0.3, -0.25) is 9.48 Å². The maximum atomic E-state index is 13.2. The largest absolute Gasteiger partial charge is 0.337 e. The average molecular weight is 392 g/mol. The maximum Gasteiger partial charge on any atom is 0.274 e. The molecule has 8 heteroatoms. The lowest BCUT2D eigenvalue weighted by atomic mass is 10.1. The van der Waals surface area contributed by atoms with Crippen molar-refractivity contribution in [3.8, 4) is 11.3 Å². The number of benzene rings is 1. The minimum Gasteiger partial charge on any atom is -0.337 e. The van der Waals surface area contributed by atoms with E-state index in [1.165, 1.54) is 4.90 Å². The lowest BCUT2D eigenvalue weighted by Gasteiger charge is -2.34. The number of thioether (sulfide) groups is 1. The fraction of sp³-hybridized carbons (Fsp3) is 0.300. The van der Waals surface area contributed by atoms with Gasteiger partial charge in [-0.2, -0.15) is 5.10 Å². The van der Waals surface area contributed by atoms with Gasteiger partial charge in [-0.15, -0.1) is 11.8 Å². The zero-order chi connectivity index (χ0) is 19.1. The quantitative estimate of drug-likeness (QED) is 0.667. The minimum absolute atomic E-state index is 0.0189. The normalized spacial score (nSPS) is 15.9. The van der Waals surface area contributed by atoms with Crippen molar-refractivity contribution in [3.05, 3.63) is 54.0 Å². The molecule has 1 amide bonds. The number of aryl methyl sites for hydroxylation is 1. The van der Waals surface area contributed by atoms with E-state index in [1.54, 1.807) is 24.2 Å². The number of hydrogen-bond donors (Lipinski definition) is 0. The molecule has 0 N–H and O–H groups in total. The van der Waals surface area contributed by atoms with Crippen molar-refractivity contribution < 1.29 is 4.79 Å². The van der Waals surface area contributed by atoms with Crippen molar-refractivity contribution in [3.63, 3.8) is 0 Å². The van der Waals surface area contributed by atoms with E-state index in [0.717, 1.165) is 41.6 Å². The first-order valence-electron chi connectivity index (χ1n) is 9.31. The molecule has 5 rings (SSSR count). The van der Waals surface area contributed by atoms with Gasteiger partial charge in [0.15, 0.2) is 5.69 Å². The van der Waals surface area contributed by atoms with Crippen LogP contribution in [-0.2, 0) is 12.8 Å². The molecule has 2 aromatic heterocycles. The third kappa shape index (κ3) is 2.84. The summed E-state index contributed by atoms with van der Waals surface area (Å²) in [5.74, 6) is 1.52. The first-order chi connectivity index (χ1) is 13.7. The molecular weight excluding hydrogens is 372 g/mol. The molecule has 4 heterocycles. The van der Waals surface area contributed by atoms with Crippen LogP contribution in [0, 0.1) is 0 Å². The predicted octanol–water partition coefficient (Wildman–Crippen LogP) is 2.45. The molecule has 2 aliphatic heterocycles. The van der Waals surface area contributed by atoms with E-state index < -0.39 is 0 Å². The number of piperazine rings is 1. The second-order valence-corrected chi connectivity index (χ2v) is 7.93. The molecule has 0 spiro atoms. The lowest BCUT2D eigenvalue weighted by molar-refractivity contribution is 0.0738. The number of anilines is 1. The summed E-state index contributed by atoms with van der Waals surface area (Å²) >= 11 is 1.77. The first-order valence-corrected chi connectivity index (χ1v) is 10.3. The van der Waals surface area contributed by atoms with Crippen LogP contribution in [0.4, 0.5) is 5.95 Å². The Bertz CT molecular complexity index is 1030. The summed E-state index contributed by atoms with van der Waals surface area (Å²) in [6, 6.07) is 10.1. The van der Waals surface area contributed by atoms with Gasteiger partial charge in [0.1, 0.15) is 0 Å². The molecule has 1 saturated heterocycles. The standard InChI is InChI=1S/C20H20N6OS/c1-24-18-14-5-2-3-6-16(14)28-13-15(18)17(23-24)19(27)25-9-11-26(12-10-25)20-21-7-4-8-22-20/h2-8H,9-13H2,1H3. The third-order valence-corrected chi connectivity index (χ3v) is 6.36. The molecule has 142 valence electrons. The van der Waals surface area contributed by atoms with Crippen molar-refractivity contribution in [2.45, 2.75) is 10.6 Å². The van der Waals surface area contributed by atoms with E-state index in [-0.39, 0.29) is 5.91 Å². The average Bonchev–Trinajstić information content (AvgIpc) is 3.11. The highest BCUT2D eigenvalue weighted by Gasteiger charge is 2.31. The highest BCUT2D eigenvalue weighted by molar-refractivity contribution is 7.98. The summed E-state index contributed by atoms with van der Waals surface area (Å²) in [7, 11) is 1.92. The fourth-order valence-electron chi connectivity index (χ4n) is 3.87. The summed E-state index contributed by atoms with van der Waals surface area (Å²) in [5.41, 5.74) is 3.86. The van der Waals surface area contributed by atoms with Gasteiger partial charge in [0.25, 0.3) is 5.91 Å². The zero-order valence-corrected chi connectivity index (χ0v) is 16.4. The van der Waals surface area contributed by atoms with Crippen LogP contribution in [0.3, 0.4) is 0 Å². The number of nitrogens with zero attached hydrogens (tertiary/aromatic N) is 6. The minimum atomic E-state index is 0.0189. The van der Waals surface area contributed by atoms with Gasteiger partial charge in [0.05, 0.1) is 5.69 Å². The SMILES string of the molecule is Cn1nc(C(=O)N2CCN(c3ncccn3)CC2)c2c1-c1ccccc1SC2. The molecule has 0 unspecified atom stereocenters. The topological polar surface area (TPSA) is 67.2 Å². The molecule has 3 aromatic rings. The molecule has 7 nitrogen and oxygen atoms in total. The molecular formula is C20H20N6OS. The summed E-state index contributed by atoms with van der Waals surface area (Å²) < 4.78 is 1.86. The Morgan fingerprint density at radius 3 is 2.57 bits per heavy atom. The molecule has 0 saturated carbocycles. The van der Waals surface area contributed by atoms with E-state index in [4.69, 9.17) is 0 Å². The zero-order valence-electron chi connectivity index (χ0n) is 15.6. The third-order valence-electron chi connectivity index (χ3n) is 5.26. The van der Waals surface area contributed by atoms with Crippen molar-refractivity contribution >= 4 is 23.6 Å². The number of amides is 1. The summed E-state index contributed by atoms with van der Waals surface area (Å²) in [4.78, 5) is 27.1. The number of rotatable bonds is 2. The first kappa shape index (κ1) is 17.2. The van der Waals surface area contributed by atoms with E-state index in [9.17, 15) is 4.79 Å². The molecule has 2 aliphatic rings. The second kappa shape index (κ2) is 6.94. The molecule has 0 atom stereocenters. The number of fused-ring (bicyclic) bond motifs is 3. The van der Waals surface area contributed by atoms with E-state index in [0.29, 0.717) is 18.8 Å². The van der Waals surface area contributed by atoms with Crippen LogP contribution in [0.25, 0.3) is 11.3 Å². The van der Waals surface area contributed by atoms with Crippen LogP contribution in [0.5, 0.6) is 0 Å². The smallest absolute Gasteiger partial charge is 0.274 e. The van der Waals surface area contributed by atoms with Gasteiger partial charge >= 0.3 is 0 Å². The van der Waals surface area contributed by atoms with Crippen molar-refractivity contribution in [2.75, 3.05) is 31.1 Å². The van der Waals surface area contributed by atoms with Crippen LogP contribution in [0.1, 0.15) is 16.1 Å². The number of aromatic nitrogens is 4. The van der Waals surface area contributed by atoms with E-state index in [2.05, 4.69) is 38.2 Å². The summed E-state index contributed by atoms with van der Waals surface area (Å²) in [6.07, 6.45) is 3.49. The van der Waals surface area contributed by atoms with Gasteiger partial charge in [-0.05, 0) is 12.1 Å². The Labute approximate surface area is 167 Å². The van der Waals surface area contributed by atoms with Crippen molar-refractivity contribution in [1.29, 1.82) is 0 Å². The molecule has 0 aliphatic carbocycles. The van der Waals surface area contributed by atoms with Gasteiger partial charge in [0.2, 0.25) is 5.95 Å². The van der Waals surface area contributed by atoms with Gasteiger partial charge in [0, 0.05) is 67.4 Å². The van der Waals surface area contributed by atoms with Crippen LogP contribution in [0.15, 0.2) is 47.6 Å². The fourth-order valence-corrected chi connectivity index (χ4v) is 4.93. The van der Waals surface area contributed by atoms with Crippen molar-refractivity contribution in [1.82, 2.24) is 24.6 Å². The van der Waals surface area contributed by atoms with E-state index >= 15 is 0 Å². The number of carbonyl (C=O) groups is 1. The monoisotopic (exact) mass is 392 g/mol. The summed E-state index contributed by atoms with van der Waals surface area (Å²) in [5, 5.41) is 4.62. The van der Waals surface area contributed by atoms with E-state index in [1.807, 2.05) is 28.8 Å². The Morgan fingerprint density at radius 2 is 1.79 bits per heavy atom. The molecule has 28 heavy (non-hydrogen) atoms. The van der Waals surface area contributed by atoms with Gasteiger partial charge in [-0.25, -0.2) is 9.97 Å². The van der Waals surface area contributed by atoms with Crippen molar-refractivity contribution in [2.24, 2.45) is 7.05 Å². The Kier molecular flexibility index (Phi) is 4.27.